The van der Waals surface area contributed by atoms with Gasteiger partial charge >= 0.3 is 0 Å². The minimum Gasteiger partial charge on any atom is -0.311 e. The molecule has 0 bridgehead atoms. The van der Waals surface area contributed by atoms with Crippen LogP contribution in [0.4, 0.5) is 8.78 Å². The van der Waals surface area contributed by atoms with Crippen LogP contribution in [0.25, 0.3) is 0 Å². The average molecular weight is 199 g/mol. The Hall–Kier alpha value is -0.700. The third-order valence-electron chi connectivity index (χ3n) is 3.02. The van der Waals surface area contributed by atoms with Gasteiger partial charge in [0.25, 0.3) is 0 Å². The first kappa shape index (κ1) is 9.84. The van der Waals surface area contributed by atoms with E-state index >= 15 is 0 Å². The Kier molecular flexibility index (Phi) is 2.68. The van der Waals surface area contributed by atoms with E-state index in [1.54, 1.807) is 0 Å². The quantitative estimate of drug-likeness (QED) is 0.684. The van der Waals surface area contributed by atoms with Crippen LogP contribution in [0, 0.1) is 0 Å². The molecule has 0 saturated carbocycles. The first-order valence-electron chi connectivity index (χ1n) is 5.18. The van der Waals surface area contributed by atoms with E-state index in [1.165, 1.54) is 18.2 Å². The van der Waals surface area contributed by atoms with Crippen LogP contribution >= 0.6 is 0 Å². The maximum Gasteiger partial charge on any atom is 0.148 e. The number of halogens is 2. The second-order valence-corrected chi connectivity index (χ2v) is 4.06. The van der Waals surface area contributed by atoms with E-state index in [0.717, 1.165) is 25.8 Å². The van der Waals surface area contributed by atoms with Gasteiger partial charge in [0.15, 0.2) is 0 Å². The molecule has 0 aromatic heterocycles. The summed E-state index contributed by atoms with van der Waals surface area (Å²) in [4.78, 5) is 0. The molecule has 0 spiro atoms. The van der Waals surface area contributed by atoms with Gasteiger partial charge in [0.05, 0.1) is 0 Å². The molecule has 0 aromatic carbocycles. The van der Waals surface area contributed by atoms with Gasteiger partial charge in [-0.1, -0.05) is 6.42 Å². The van der Waals surface area contributed by atoms with Crippen molar-refractivity contribution in [2.45, 2.75) is 37.4 Å². The molecule has 1 N–H and O–H groups in total. The molecule has 0 radical (unpaired) electrons. The van der Waals surface area contributed by atoms with Crippen LogP contribution < -0.4 is 5.32 Å². The fourth-order valence-electron chi connectivity index (χ4n) is 2.13. The van der Waals surface area contributed by atoms with Gasteiger partial charge in [-0.05, 0) is 37.6 Å². The molecule has 2 unspecified atom stereocenters. The number of hydrogen-bond donors (Lipinski definition) is 1. The van der Waals surface area contributed by atoms with Gasteiger partial charge in [-0.3, -0.25) is 0 Å². The number of allylic oxidation sites excluding steroid dienone is 3. The fourth-order valence-corrected chi connectivity index (χ4v) is 2.13. The van der Waals surface area contributed by atoms with Crippen LogP contribution in [-0.4, -0.2) is 18.3 Å². The monoisotopic (exact) mass is 199 g/mol. The minimum atomic E-state index is -1.38. The van der Waals surface area contributed by atoms with Crippen LogP contribution in [0.15, 0.2) is 24.1 Å². The van der Waals surface area contributed by atoms with Crippen molar-refractivity contribution in [1.82, 2.24) is 5.32 Å². The van der Waals surface area contributed by atoms with Gasteiger partial charge in [-0.2, -0.15) is 0 Å². The van der Waals surface area contributed by atoms with Gasteiger partial charge < -0.3 is 5.32 Å². The Labute approximate surface area is 82.9 Å². The number of alkyl halides is 1. The van der Waals surface area contributed by atoms with Crippen molar-refractivity contribution in [3.8, 4) is 0 Å². The zero-order chi connectivity index (χ0) is 10.0. The molecule has 1 heterocycles. The molecule has 1 saturated heterocycles. The summed E-state index contributed by atoms with van der Waals surface area (Å²) < 4.78 is 27.0. The molecule has 2 aliphatic rings. The van der Waals surface area contributed by atoms with E-state index in [9.17, 15) is 8.78 Å². The van der Waals surface area contributed by atoms with E-state index in [2.05, 4.69) is 5.32 Å². The van der Waals surface area contributed by atoms with Gasteiger partial charge in [-0.15, -0.1) is 0 Å². The highest BCUT2D eigenvalue weighted by atomic mass is 19.1. The SMILES string of the molecule is FC1=CCC(F)(C2CCCCN2)C=C1. The van der Waals surface area contributed by atoms with Crippen molar-refractivity contribution >= 4 is 0 Å². The lowest BCUT2D eigenvalue weighted by atomic mass is 9.84. The Bertz CT molecular complexity index is 266. The predicted octanol–water partition coefficient (Wildman–Crippen LogP) is 2.65. The molecule has 14 heavy (non-hydrogen) atoms. The average Bonchev–Trinajstić information content (AvgIpc) is 2.24. The Morgan fingerprint density at radius 1 is 1.43 bits per heavy atom. The summed E-state index contributed by atoms with van der Waals surface area (Å²) in [5, 5.41) is 3.17. The van der Waals surface area contributed by atoms with Crippen molar-refractivity contribution in [1.29, 1.82) is 0 Å². The van der Waals surface area contributed by atoms with E-state index in [4.69, 9.17) is 0 Å². The summed E-state index contributed by atoms with van der Waals surface area (Å²) in [6.07, 6.45) is 7.11. The Morgan fingerprint density at radius 3 is 2.86 bits per heavy atom. The summed E-state index contributed by atoms with van der Waals surface area (Å²) in [5.41, 5.74) is -1.38. The molecule has 3 heteroatoms. The molecule has 1 aliphatic carbocycles. The Balaban J connectivity index is 2.05. The van der Waals surface area contributed by atoms with Crippen molar-refractivity contribution < 1.29 is 8.78 Å². The fraction of sp³-hybridized carbons (Fsp3) is 0.636. The lowest BCUT2D eigenvalue weighted by molar-refractivity contribution is 0.139. The minimum absolute atomic E-state index is 0.142. The van der Waals surface area contributed by atoms with Gasteiger partial charge in [0.1, 0.15) is 11.5 Å². The van der Waals surface area contributed by atoms with Gasteiger partial charge in [0, 0.05) is 12.5 Å². The third kappa shape index (κ3) is 1.87. The highest BCUT2D eigenvalue weighted by Gasteiger charge is 2.37. The predicted molar refractivity (Wildman–Crippen MR) is 52.4 cm³/mol. The molecule has 1 fully saturated rings. The van der Waals surface area contributed by atoms with E-state index < -0.39 is 5.67 Å². The highest BCUT2D eigenvalue weighted by Crippen LogP contribution is 2.32. The summed E-state index contributed by atoms with van der Waals surface area (Å²) in [7, 11) is 0. The number of nitrogens with one attached hydrogen (secondary N) is 1. The summed E-state index contributed by atoms with van der Waals surface area (Å²) >= 11 is 0. The summed E-state index contributed by atoms with van der Waals surface area (Å²) in [6, 6.07) is -0.142. The van der Waals surface area contributed by atoms with Crippen LogP contribution in [0.3, 0.4) is 0 Å². The smallest absolute Gasteiger partial charge is 0.148 e. The van der Waals surface area contributed by atoms with Crippen molar-refractivity contribution in [2.75, 3.05) is 6.54 Å². The second-order valence-electron chi connectivity index (χ2n) is 4.06. The molecular weight excluding hydrogens is 184 g/mol. The molecule has 2 rings (SSSR count). The van der Waals surface area contributed by atoms with E-state index in [1.807, 2.05) is 0 Å². The lowest BCUT2D eigenvalue weighted by Gasteiger charge is -2.35. The molecule has 0 amide bonds. The van der Waals surface area contributed by atoms with Crippen LogP contribution in [0.1, 0.15) is 25.7 Å². The number of rotatable bonds is 1. The lowest BCUT2D eigenvalue weighted by Crippen LogP contribution is -2.49. The normalized spacial score (nSPS) is 38.1. The number of piperidine rings is 1. The summed E-state index contributed by atoms with van der Waals surface area (Å²) in [5.74, 6) is -0.325. The molecule has 78 valence electrons. The maximum absolute atomic E-state index is 14.3. The first-order valence-corrected chi connectivity index (χ1v) is 5.18. The van der Waals surface area contributed by atoms with E-state index in [-0.39, 0.29) is 18.3 Å². The van der Waals surface area contributed by atoms with Gasteiger partial charge in [-0.25, -0.2) is 8.78 Å². The van der Waals surface area contributed by atoms with Crippen molar-refractivity contribution in [3.05, 3.63) is 24.1 Å². The van der Waals surface area contributed by atoms with Gasteiger partial charge in [0.2, 0.25) is 0 Å². The standard InChI is InChI=1S/C11H15F2N/c12-9-4-6-11(13,7-5-9)10-3-1-2-8-14-10/h4-6,10,14H,1-3,7-8H2. The highest BCUT2D eigenvalue weighted by molar-refractivity contribution is 5.25. The second kappa shape index (κ2) is 3.81. The maximum atomic E-state index is 14.3. The number of hydrogen-bond acceptors (Lipinski definition) is 1. The largest absolute Gasteiger partial charge is 0.311 e. The first-order chi connectivity index (χ1) is 6.71. The third-order valence-corrected chi connectivity index (χ3v) is 3.02. The molecular formula is C11H15F2N. The topological polar surface area (TPSA) is 12.0 Å². The van der Waals surface area contributed by atoms with Crippen LogP contribution in [0.5, 0.6) is 0 Å². The molecule has 1 nitrogen and oxygen atoms in total. The van der Waals surface area contributed by atoms with Crippen LogP contribution in [-0.2, 0) is 0 Å². The van der Waals surface area contributed by atoms with Crippen molar-refractivity contribution in [3.63, 3.8) is 0 Å². The zero-order valence-electron chi connectivity index (χ0n) is 8.10. The molecule has 1 aliphatic heterocycles. The summed E-state index contributed by atoms with van der Waals surface area (Å²) in [6.45, 7) is 0.871. The zero-order valence-corrected chi connectivity index (χ0v) is 8.10. The Morgan fingerprint density at radius 2 is 2.29 bits per heavy atom. The van der Waals surface area contributed by atoms with E-state index in [0.29, 0.717) is 0 Å². The van der Waals surface area contributed by atoms with Crippen LogP contribution in [0.2, 0.25) is 0 Å². The van der Waals surface area contributed by atoms with Crippen molar-refractivity contribution in [2.24, 2.45) is 0 Å². The molecule has 0 aromatic rings. The molecule has 2 atom stereocenters.